The van der Waals surface area contributed by atoms with E-state index in [-0.39, 0.29) is 5.56 Å². The van der Waals surface area contributed by atoms with Gasteiger partial charge in [-0.15, -0.1) is 11.3 Å². The van der Waals surface area contributed by atoms with Crippen molar-refractivity contribution < 1.29 is 9.53 Å². The molecule has 1 aliphatic rings. The second kappa shape index (κ2) is 8.12. The number of benzene rings is 2. The second-order valence-electron chi connectivity index (χ2n) is 7.78. The SMILES string of the molecule is COC(=O)c1cccc(Cn2c(-c3ccccc3)nc3sc4c(c3c2=O)CCCC4)c1. The Morgan fingerprint density at radius 2 is 1.90 bits per heavy atom. The number of fused-ring (bicyclic) bond motifs is 3. The number of hydrogen-bond acceptors (Lipinski definition) is 5. The van der Waals surface area contributed by atoms with Crippen molar-refractivity contribution in [2.45, 2.75) is 32.2 Å². The molecule has 6 heteroatoms. The van der Waals surface area contributed by atoms with Crippen LogP contribution in [0.4, 0.5) is 0 Å². The van der Waals surface area contributed by atoms with Crippen LogP contribution < -0.4 is 5.56 Å². The summed E-state index contributed by atoms with van der Waals surface area (Å²) in [7, 11) is 1.37. The maximum atomic E-state index is 13.8. The normalized spacial score (nSPS) is 13.2. The Kier molecular flexibility index (Phi) is 5.16. The van der Waals surface area contributed by atoms with Crippen LogP contribution >= 0.6 is 11.3 Å². The van der Waals surface area contributed by atoms with E-state index in [1.807, 2.05) is 42.5 Å². The molecule has 2 aromatic carbocycles. The van der Waals surface area contributed by atoms with Gasteiger partial charge in [0.1, 0.15) is 10.7 Å². The van der Waals surface area contributed by atoms with Crippen LogP contribution in [0.15, 0.2) is 59.4 Å². The van der Waals surface area contributed by atoms with Crippen LogP contribution in [0.1, 0.15) is 39.2 Å². The quantitative estimate of drug-likeness (QED) is 0.435. The third kappa shape index (κ3) is 3.57. The van der Waals surface area contributed by atoms with Gasteiger partial charge in [-0.25, -0.2) is 9.78 Å². The Balaban J connectivity index is 1.71. The molecule has 0 N–H and O–H groups in total. The van der Waals surface area contributed by atoms with Gasteiger partial charge in [0, 0.05) is 10.4 Å². The van der Waals surface area contributed by atoms with Crippen LogP contribution in [0.3, 0.4) is 0 Å². The summed E-state index contributed by atoms with van der Waals surface area (Å²) in [6, 6.07) is 17.0. The van der Waals surface area contributed by atoms with E-state index in [9.17, 15) is 9.59 Å². The molecule has 2 aromatic heterocycles. The molecule has 0 aliphatic heterocycles. The Hall–Kier alpha value is -3.25. The molecule has 0 saturated carbocycles. The van der Waals surface area contributed by atoms with Gasteiger partial charge >= 0.3 is 5.97 Å². The molecular weight excluding hydrogens is 408 g/mol. The van der Waals surface area contributed by atoms with Crippen LogP contribution in [-0.2, 0) is 24.1 Å². The van der Waals surface area contributed by atoms with Crippen molar-refractivity contribution in [3.63, 3.8) is 0 Å². The first-order valence-electron chi connectivity index (χ1n) is 10.4. The summed E-state index contributed by atoms with van der Waals surface area (Å²) >= 11 is 1.66. The van der Waals surface area contributed by atoms with Gasteiger partial charge in [0.2, 0.25) is 0 Å². The lowest BCUT2D eigenvalue weighted by Gasteiger charge is -2.14. The predicted molar refractivity (Wildman–Crippen MR) is 123 cm³/mol. The zero-order chi connectivity index (χ0) is 21.4. The first-order valence-corrected chi connectivity index (χ1v) is 11.2. The number of carbonyl (C=O) groups is 1. The molecular formula is C25H22N2O3S. The number of carbonyl (C=O) groups excluding carboxylic acids is 1. The number of thiophene rings is 1. The number of methoxy groups -OCH3 is 1. The van der Waals surface area contributed by atoms with Gasteiger partial charge in [0.05, 0.1) is 24.6 Å². The number of rotatable bonds is 4. The zero-order valence-electron chi connectivity index (χ0n) is 17.3. The number of nitrogens with zero attached hydrogens (tertiary/aromatic N) is 2. The standard InChI is InChI=1S/C25H22N2O3S/c1-30-25(29)18-11-7-8-16(14-18)15-27-22(17-9-3-2-4-10-17)26-23-21(24(27)28)19-12-5-6-13-20(19)31-23/h2-4,7-11,14H,5-6,12-13,15H2,1H3. The van der Waals surface area contributed by atoms with Gasteiger partial charge in [0.25, 0.3) is 5.56 Å². The molecule has 0 spiro atoms. The van der Waals surface area contributed by atoms with E-state index in [0.717, 1.165) is 40.6 Å². The Morgan fingerprint density at radius 1 is 1.10 bits per heavy atom. The number of ether oxygens (including phenoxy) is 1. The van der Waals surface area contributed by atoms with Gasteiger partial charge < -0.3 is 4.74 Å². The van der Waals surface area contributed by atoms with E-state index in [1.54, 1.807) is 28.0 Å². The first-order chi connectivity index (χ1) is 15.2. The summed E-state index contributed by atoms with van der Waals surface area (Å²) < 4.78 is 6.59. The molecule has 5 rings (SSSR count). The Morgan fingerprint density at radius 3 is 2.71 bits per heavy atom. The minimum atomic E-state index is -0.391. The maximum Gasteiger partial charge on any atom is 0.337 e. The maximum absolute atomic E-state index is 13.8. The lowest BCUT2D eigenvalue weighted by molar-refractivity contribution is 0.0600. The summed E-state index contributed by atoms with van der Waals surface area (Å²) in [5, 5.41) is 0.767. The topological polar surface area (TPSA) is 61.2 Å². The highest BCUT2D eigenvalue weighted by molar-refractivity contribution is 7.18. The molecule has 1 aliphatic carbocycles. The smallest absolute Gasteiger partial charge is 0.337 e. The fourth-order valence-corrected chi connectivity index (χ4v) is 5.54. The predicted octanol–water partition coefficient (Wildman–Crippen LogP) is 4.84. The molecule has 0 atom stereocenters. The van der Waals surface area contributed by atoms with E-state index < -0.39 is 5.97 Å². The molecule has 0 radical (unpaired) electrons. The van der Waals surface area contributed by atoms with Crippen molar-refractivity contribution in [3.05, 3.63) is 86.5 Å². The van der Waals surface area contributed by atoms with E-state index in [0.29, 0.717) is 17.9 Å². The molecule has 31 heavy (non-hydrogen) atoms. The van der Waals surface area contributed by atoms with Gasteiger partial charge in [-0.3, -0.25) is 9.36 Å². The minimum absolute atomic E-state index is 0.00766. The van der Waals surface area contributed by atoms with Crippen LogP contribution in [-0.4, -0.2) is 22.6 Å². The zero-order valence-corrected chi connectivity index (χ0v) is 18.1. The lowest BCUT2D eigenvalue weighted by Crippen LogP contribution is -2.24. The molecule has 0 unspecified atom stereocenters. The highest BCUT2D eigenvalue weighted by Crippen LogP contribution is 2.35. The molecule has 2 heterocycles. The van der Waals surface area contributed by atoms with Crippen LogP contribution in [0.25, 0.3) is 21.6 Å². The van der Waals surface area contributed by atoms with Crippen molar-refractivity contribution in [2.75, 3.05) is 7.11 Å². The summed E-state index contributed by atoms with van der Waals surface area (Å²) in [6.45, 7) is 0.335. The third-order valence-electron chi connectivity index (χ3n) is 5.80. The van der Waals surface area contributed by atoms with Crippen LogP contribution in [0.2, 0.25) is 0 Å². The molecule has 0 fully saturated rings. The van der Waals surface area contributed by atoms with E-state index in [2.05, 4.69) is 0 Å². The molecule has 4 aromatic rings. The van der Waals surface area contributed by atoms with Crippen molar-refractivity contribution >= 4 is 27.5 Å². The molecule has 0 amide bonds. The van der Waals surface area contributed by atoms with Crippen molar-refractivity contribution in [3.8, 4) is 11.4 Å². The molecule has 5 nitrogen and oxygen atoms in total. The molecule has 0 saturated heterocycles. The van der Waals surface area contributed by atoms with E-state index in [4.69, 9.17) is 9.72 Å². The number of hydrogen-bond donors (Lipinski definition) is 0. The van der Waals surface area contributed by atoms with Crippen LogP contribution in [0, 0.1) is 0 Å². The van der Waals surface area contributed by atoms with Crippen molar-refractivity contribution in [1.29, 1.82) is 0 Å². The van der Waals surface area contributed by atoms with Gasteiger partial charge in [-0.1, -0.05) is 42.5 Å². The number of aryl methyl sites for hydroxylation is 2. The van der Waals surface area contributed by atoms with Gasteiger partial charge in [-0.05, 0) is 48.9 Å². The number of esters is 1. The fourth-order valence-electron chi connectivity index (χ4n) is 4.29. The molecule has 156 valence electrons. The van der Waals surface area contributed by atoms with E-state index >= 15 is 0 Å². The first kappa shape index (κ1) is 19.7. The largest absolute Gasteiger partial charge is 0.465 e. The summed E-state index contributed by atoms with van der Waals surface area (Å²) in [5.74, 6) is 0.262. The highest BCUT2D eigenvalue weighted by atomic mass is 32.1. The fraction of sp³-hybridized carbons (Fsp3) is 0.240. The molecule has 0 bridgehead atoms. The average Bonchev–Trinajstić information content (AvgIpc) is 3.19. The second-order valence-corrected chi connectivity index (χ2v) is 8.86. The highest BCUT2D eigenvalue weighted by Gasteiger charge is 2.22. The van der Waals surface area contributed by atoms with Gasteiger partial charge in [0.15, 0.2) is 0 Å². The summed E-state index contributed by atoms with van der Waals surface area (Å²) in [6.07, 6.45) is 4.24. The van der Waals surface area contributed by atoms with Crippen molar-refractivity contribution in [1.82, 2.24) is 9.55 Å². The number of aromatic nitrogens is 2. The summed E-state index contributed by atoms with van der Waals surface area (Å²) in [5.41, 5.74) is 3.40. The minimum Gasteiger partial charge on any atom is -0.465 e. The van der Waals surface area contributed by atoms with Gasteiger partial charge in [-0.2, -0.15) is 0 Å². The lowest BCUT2D eigenvalue weighted by atomic mass is 9.97. The van der Waals surface area contributed by atoms with Crippen molar-refractivity contribution in [2.24, 2.45) is 0 Å². The Labute approximate surface area is 184 Å². The summed E-state index contributed by atoms with van der Waals surface area (Å²) in [4.78, 5) is 32.8. The Bertz CT molecular complexity index is 1340. The average molecular weight is 431 g/mol. The monoisotopic (exact) mass is 430 g/mol. The van der Waals surface area contributed by atoms with E-state index in [1.165, 1.54) is 24.0 Å². The van der Waals surface area contributed by atoms with Crippen LogP contribution in [0.5, 0.6) is 0 Å². The third-order valence-corrected chi connectivity index (χ3v) is 6.98.